The molecule has 0 unspecified atom stereocenters. The first-order valence-electron chi connectivity index (χ1n) is 3.59. The minimum Gasteiger partial charge on any atom is -0.480 e. The summed E-state index contributed by atoms with van der Waals surface area (Å²) in [5.41, 5.74) is 1.05. The molecule has 1 N–H and O–H groups in total. The third kappa shape index (κ3) is 1.43. The summed E-state index contributed by atoms with van der Waals surface area (Å²) in [6.45, 7) is 0. The maximum Gasteiger partial charge on any atom is 0.228 e. The van der Waals surface area contributed by atoms with Crippen molar-refractivity contribution in [3.05, 3.63) is 20.4 Å². The lowest BCUT2D eigenvalue weighted by atomic mass is 10.3. The van der Waals surface area contributed by atoms with Gasteiger partial charge in [-0.1, -0.05) is 0 Å². The zero-order chi connectivity index (χ0) is 9.42. The molecule has 0 amide bonds. The second-order valence-electron chi connectivity index (χ2n) is 2.51. The monoisotopic (exact) mass is 352 g/mol. The summed E-state index contributed by atoms with van der Waals surface area (Å²) < 4.78 is 7.14. The number of ether oxygens (including phenoxy) is 1. The van der Waals surface area contributed by atoms with Crippen molar-refractivity contribution in [1.29, 1.82) is 0 Å². The van der Waals surface area contributed by atoms with Crippen LogP contribution in [0.4, 0.5) is 0 Å². The highest BCUT2D eigenvalue weighted by Crippen LogP contribution is 2.30. The lowest BCUT2D eigenvalue weighted by molar-refractivity contribution is 0.395. The first kappa shape index (κ1) is 9.26. The molecule has 0 aliphatic carbocycles. The highest BCUT2D eigenvalue weighted by molar-refractivity contribution is 14.1. The Balaban J connectivity index is 2.80. The highest BCUT2D eigenvalue weighted by Gasteiger charge is 2.09. The van der Waals surface area contributed by atoms with Crippen molar-refractivity contribution >= 4 is 49.4 Å². The molecule has 0 saturated carbocycles. The quantitative estimate of drug-likeness (QED) is 0.801. The van der Waals surface area contributed by atoms with Gasteiger partial charge in [0.15, 0.2) is 0 Å². The molecule has 2 aromatic heterocycles. The van der Waals surface area contributed by atoms with E-state index in [-0.39, 0.29) is 0 Å². The fourth-order valence-corrected chi connectivity index (χ4v) is 2.37. The average molecular weight is 353 g/mol. The molecular weight excluding hydrogens is 347 g/mol. The second-order valence-corrected chi connectivity index (χ2v) is 4.44. The Bertz CT molecular complexity index is 455. The summed E-state index contributed by atoms with van der Waals surface area (Å²) in [5.74, 6) is 0.655. The van der Waals surface area contributed by atoms with Gasteiger partial charge in [0, 0.05) is 22.3 Å². The molecule has 2 aromatic rings. The molecule has 0 radical (unpaired) electrons. The van der Waals surface area contributed by atoms with Gasteiger partial charge in [0.1, 0.15) is 0 Å². The van der Waals surface area contributed by atoms with Gasteiger partial charge in [-0.15, -0.1) is 0 Å². The zero-order valence-corrected chi connectivity index (χ0v) is 10.5. The Hall–Kier alpha value is -0.300. The van der Waals surface area contributed by atoms with Crippen molar-refractivity contribution < 1.29 is 4.74 Å². The Morgan fingerprint density at radius 3 is 3.08 bits per heavy atom. The summed E-state index contributed by atoms with van der Waals surface area (Å²) >= 11 is 5.64. The number of methoxy groups -OCH3 is 1. The van der Waals surface area contributed by atoms with Crippen molar-refractivity contribution in [2.45, 2.75) is 0 Å². The molecule has 0 atom stereocenters. The molecule has 3 nitrogen and oxygen atoms in total. The number of pyridine rings is 1. The predicted molar refractivity (Wildman–Crippen MR) is 63.1 cm³/mol. The van der Waals surface area contributed by atoms with E-state index in [4.69, 9.17) is 4.74 Å². The van der Waals surface area contributed by atoms with Crippen molar-refractivity contribution in [3.63, 3.8) is 0 Å². The molecule has 0 spiro atoms. The number of rotatable bonds is 1. The predicted octanol–water partition coefficient (Wildman–Crippen LogP) is 2.94. The van der Waals surface area contributed by atoms with E-state index < -0.39 is 0 Å². The first-order valence-corrected chi connectivity index (χ1v) is 5.46. The maximum absolute atomic E-state index is 5.11. The van der Waals surface area contributed by atoms with Crippen molar-refractivity contribution in [3.8, 4) is 5.88 Å². The van der Waals surface area contributed by atoms with Gasteiger partial charge < -0.3 is 9.72 Å². The molecular formula is C8H6BrIN2O. The summed E-state index contributed by atoms with van der Waals surface area (Å²) in [7, 11) is 1.62. The van der Waals surface area contributed by atoms with E-state index in [1.807, 2.05) is 6.20 Å². The molecule has 0 aliphatic rings. The number of aromatic nitrogens is 2. The van der Waals surface area contributed by atoms with Crippen LogP contribution in [-0.4, -0.2) is 17.1 Å². The van der Waals surface area contributed by atoms with Gasteiger partial charge in [0.05, 0.1) is 16.2 Å². The van der Waals surface area contributed by atoms with Gasteiger partial charge in [-0.2, -0.15) is 0 Å². The molecule has 2 rings (SSSR count). The van der Waals surface area contributed by atoms with Gasteiger partial charge in [-0.25, -0.2) is 4.98 Å². The van der Waals surface area contributed by atoms with E-state index in [2.05, 4.69) is 48.5 Å². The van der Waals surface area contributed by atoms with Crippen LogP contribution in [0.1, 0.15) is 0 Å². The fourth-order valence-electron chi connectivity index (χ4n) is 1.15. The lowest BCUT2D eigenvalue weighted by Gasteiger charge is -2.01. The van der Waals surface area contributed by atoms with E-state index in [0.717, 1.165) is 18.9 Å². The first-order chi connectivity index (χ1) is 6.24. The van der Waals surface area contributed by atoms with E-state index in [1.54, 1.807) is 13.3 Å². The van der Waals surface area contributed by atoms with Crippen LogP contribution in [0, 0.1) is 3.57 Å². The molecule has 68 valence electrons. The third-order valence-electron chi connectivity index (χ3n) is 1.78. The maximum atomic E-state index is 5.11. The number of H-pyrrole nitrogens is 1. The molecule has 0 fully saturated rings. The third-order valence-corrected chi connectivity index (χ3v) is 3.44. The van der Waals surface area contributed by atoms with E-state index in [9.17, 15) is 0 Å². The van der Waals surface area contributed by atoms with Crippen molar-refractivity contribution in [2.24, 2.45) is 0 Å². The number of hydrogen-bond acceptors (Lipinski definition) is 2. The zero-order valence-electron chi connectivity index (χ0n) is 6.77. The summed E-state index contributed by atoms with van der Waals surface area (Å²) in [6, 6.07) is 0. The van der Waals surface area contributed by atoms with Crippen LogP contribution in [0.15, 0.2) is 16.9 Å². The Morgan fingerprint density at radius 1 is 1.62 bits per heavy atom. The minimum absolute atomic E-state index is 0.655. The number of nitrogens with zero attached hydrogens (tertiary/aromatic N) is 1. The largest absolute Gasteiger partial charge is 0.480 e. The number of halogens is 2. The van der Waals surface area contributed by atoms with Gasteiger partial charge in [0.2, 0.25) is 5.88 Å². The second kappa shape index (κ2) is 3.45. The molecule has 0 aliphatic heterocycles. The standard InChI is InChI=1S/C8H6BrIN2O/c1-13-8-6(10)7-4(2-12-8)5(9)3-11-7/h2-3,11H,1H3. The molecule has 13 heavy (non-hydrogen) atoms. The Labute approximate surface area is 97.1 Å². The minimum atomic E-state index is 0.655. The molecule has 5 heteroatoms. The van der Waals surface area contributed by atoms with E-state index >= 15 is 0 Å². The van der Waals surface area contributed by atoms with Gasteiger partial charge in [-0.3, -0.25) is 0 Å². The summed E-state index contributed by atoms with van der Waals surface area (Å²) in [6.07, 6.45) is 3.69. The van der Waals surface area contributed by atoms with E-state index in [0.29, 0.717) is 5.88 Å². The molecule has 2 heterocycles. The molecule has 0 bridgehead atoms. The molecule has 0 aromatic carbocycles. The number of fused-ring (bicyclic) bond motifs is 1. The van der Waals surface area contributed by atoms with Gasteiger partial charge in [-0.05, 0) is 38.5 Å². The fraction of sp³-hybridized carbons (Fsp3) is 0.125. The van der Waals surface area contributed by atoms with Gasteiger partial charge in [0.25, 0.3) is 0 Å². The van der Waals surface area contributed by atoms with E-state index in [1.165, 1.54) is 0 Å². The van der Waals surface area contributed by atoms with Crippen LogP contribution in [0.3, 0.4) is 0 Å². The van der Waals surface area contributed by atoms with Crippen molar-refractivity contribution in [1.82, 2.24) is 9.97 Å². The lowest BCUT2D eigenvalue weighted by Crippen LogP contribution is -1.91. The topological polar surface area (TPSA) is 37.9 Å². The van der Waals surface area contributed by atoms with Crippen LogP contribution >= 0.6 is 38.5 Å². The van der Waals surface area contributed by atoms with Crippen LogP contribution in [0.5, 0.6) is 5.88 Å². The van der Waals surface area contributed by atoms with Crippen LogP contribution in [0.2, 0.25) is 0 Å². The highest BCUT2D eigenvalue weighted by atomic mass is 127. The van der Waals surface area contributed by atoms with Crippen LogP contribution in [-0.2, 0) is 0 Å². The number of hydrogen-bond donors (Lipinski definition) is 1. The SMILES string of the molecule is COc1ncc2c(Br)c[nH]c2c1I. The number of aromatic amines is 1. The van der Waals surface area contributed by atoms with Crippen LogP contribution in [0.25, 0.3) is 10.9 Å². The van der Waals surface area contributed by atoms with Crippen LogP contribution < -0.4 is 4.74 Å². The van der Waals surface area contributed by atoms with Crippen molar-refractivity contribution in [2.75, 3.05) is 7.11 Å². The van der Waals surface area contributed by atoms with Gasteiger partial charge >= 0.3 is 0 Å². The smallest absolute Gasteiger partial charge is 0.228 e. The normalized spacial score (nSPS) is 10.7. The average Bonchev–Trinajstić information content (AvgIpc) is 2.50. The Morgan fingerprint density at radius 2 is 2.38 bits per heavy atom. The summed E-state index contributed by atoms with van der Waals surface area (Å²) in [5, 5.41) is 1.07. The summed E-state index contributed by atoms with van der Waals surface area (Å²) in [4.78, 5) is 7.33. The number of nitrogens with one attached hydrogen (secondary N) is 1. The Kier molecular flexibility index (Phi) is 2.46. The molecule has 0 saturated heterocycles.